The summed E-state index contributed by atoms with van der Waals surface area (Å²) in [5.41, 5.74) is 1.30. The lowest BCUT2D eigenvalue weighted by molar-refractivity contribution is 0.0952. The third kappa shape index (κ3) is 2.82. The summed E-state index contributed by atoms with van der Waals surface area (Å²) < 4.78 is 0. The molecule has 1 aromatic rings. The van der Waals surface area contributed by atoms with Crippen LogP contribution in [0.2, 0.25) is 0 Å². The van der Waals surface area contributed by atoms with Crippen molar-refractivity contribution in [2.45, 2.75) is 20.3 Å². The minimum absolute atomic E-state index is 0.190. The van der Waals surface area contributed by atoms with Crippen LogP contribution in [0.4, 0.5) is 0 Å². The third-order valence-electron chi connectivity index (χ3n) is 2.23. The number of aromatic amines is 1. The maximum Gasteiger partial charge on any atom is 0.261 e. The number of pyridine rings is 1. The van der Waals surface area contributed by atoms with E-state index in [0.29, 0.717) is 18.5 Å². The Hall–Kier alpha value is -1.84. The topological polar surface area (TPSA) is 62.0 Å². The van der Waals surface area contributed by atoms with Gasteiger partial charge in [0.15, 0.2) is 0 Å². The number of aromatic nitrogens is 1. The van der Waals surface area contributed by atoms with Crippen LogP contribution in [0.3, 0.4) is 0 Å². The first-order valence-corrected chi connectivity index (χ1v) is 5.16. The lowest BCUT2D eigenvalue weighted by atomic mass is 10.1. The van der Waals surface area contributed by atoms with Gasteiger partial charge in [0.05, 0.1) is 0 Å². The first-order chi connectivity index (χ1) is 7.56. The molecule has 86 valence electrons. The van der Waals surface area contributed by atoms with Gasteiger partial charge in [0.2, 0.25) is 0 Å². The van der Waals surface area contributed by atoms with E-state index in [1.165, 1.54) is 0 Å². The van der Waals surface area contributed by atoms with Crippen molar-refractivity contribution in [3.8, 4) is 0 Å². The molecular formula is C12H16N2O2. The van der Waals surface area contributed by atoms with E-state index < -0.39 is 0 Å². The fraction of sp³-hybridized carbons (Fsp3) is 0.333. The molecule has 2 N–H and O–H groups in total. The smallest absolute Gasteiger partial charge is 0.261 e. The van der Waals surface area contributed by atoms with Crippen molar-refractivity contribution in [1.29, 1.82) is 0 Å². The molecule has 0 bridgehead atoms. The van der Waals surface area contributed by atoms with Gasteiger partial charge in [-0.15, -0.1) is 6.58 Å². The van der Waals surface area contributed by atoms with E-state index in [-0.39, 0.29) is 17.0 Å². The van der Waals surface area contributed by atoms with Gasteiger partial charge in [-0.1, -0.05) is 6.08 Å². The Kier molecular flexibility index (Phi) is 4.05. The van der Waals surface area contributed by atoms with Crippen LogP contribution in [0.5, 0.6) is 0 Å². The fourth-order valence-corrected chi connectivity index (χ4v) is 1.51. The molecule has 0 aliphatic rings. The predicted octanol–water partition coefficient (Wildman–Crippen LogP) is 1.30. The van der Waals surface area contributed by atoms with Crippen LogP contribution in [0.15, 0.2) is 23.5 Å². The van der Waals surface area contributed by atoms with Gasteiger partial charge in [-0.3, -0.25) is 9.59 Å². The number of hydrogen-bond acceptors (Lipinski definition) is 2. The van der Waals surface area contributed by atoms with Gasteiger partial charge in [-0.2, -0.15) is 0 Å². The first-order valence-electron chi connectivity index (χ1n) is 5.16. The van der Waals surface area contributed by atoms with E-state index >= 15 is 0 Å². The summed E-state index contributed by atoms with van der Waals surface area (Å²) in [4.78, 5) is 25.9. The Labute approximate surface area is 94.4 Å². The van der Waals surface area contributed by atoms with Gasteiger partial charge >= 0.3 is 0 Å². The van der Waals surface area contributed by atoms with Crippen molar-refractivity contribution in [2.75, 3.05) is 6.54 Å². The van der Waals surface area contributed by atoms with Crippen molar-refractivity contribution in [3.05, 3.63) is 45.9 Å². The number of hydrogen-bond donors (Lipinski definition) is 2. The second-order valence-electron chi connectivity index (χ2n) is 3.67. The molecule has 1 heterocycles. The van der Waals surface area contributed by atoms with E-state index in [1.54, 1.807) is 26.0 Å². The molecule has 0 unspecified atom stereocenters. The lowest BCUT2D eigenvalue weighted by Gasteiger charge is -2.06. The number of amides is 1. The van der Waals surface area contributed by atoms with E-state index in [0.717, 1.165) is 5.69 Å². The van der Waals surface area contributed by atoms with Crippen LogP contribution in [0.25, 0.3) is 0 Å². The SMILES string of the molecule is C=CCCNC(=O)c1c(C)cc(C)[nH]c1=O. The van der Waals surface area contributed by atoms with Gasteiger partial charge in [0, 0.05) is 12.2 Å². The molecule has 1 amide bonds. The molecule has 0 aliphatic heterocycles. The summed E-state index contributed by atoms with van der Waals surface area (Å²) in [7, 11) is 0. The average molecular weight is 220 g/mol. The second kappa shape index (κ2) is 5.30. The highest BCUT2D eigenvalue weighted by molar-refractivity contribution is 5.95. The Morgan fingerprint density at radius 1 is 1.56 bits per heavy atom. The number of H-pyrrole nitrogens is 1. The maximum atomic E-state index is 11.7. The van der Waals surface area contributed by atoms with E-state index in [2.05, 4.69) is 16.9 Å². The van der Waals surface area contributed by atoms with Gasteiger partial charge in [0.25, 0.3) is 11.5 Å². The normalized spacial score (nSPS) is 9.88. The summed E-state index contributed by atoms with van der Waals surface area (Å²) in [6.45, 7) is 7.59. The molecular weight excluding hydrogens is 204 g/mol. The van der Waals surface area contributed by atoms with Crippen molar-refractivity contribution in [3.63, 3.8) is 0 Å². The zero-order chi connectivity index (χ0) is 12.1. The number of nitrogens with one attached hydrogen (secondary N) is 2. The average Bonchev–Trinajstić information content (AvgIpc) is 2.16. The maximum absolute atomic E-state index is 11.7. The summed E-state index contributed by atoms with van der Waals surface area (Å²) >= 11 is 0. The summed E-state index contributed by atoms with van der Waals surface area (Å²) in [5, 5.41) is 2.67. The molecule has 0 fully saturated rings. The second-order valence-corrected chi connectivity index (χ2v) is 3.67. The lowest BCUT2D eigenvalue weighted by Crippen LogP contribution is -2.31. The van der Waals surface area contributed by atoms with E-state index in [1.807, 2.05) is 0 Å². The molecule has 0 saturated carbocycles. The highest BCUT2D eigenvalue weighted by atomic mass is 16.2. The van der Waals surface area contributed by atoms with Crippen molar-refractivity contribution < 1.29 is 4.79 Å². The van der Waals surface area contributed by atoms with Crippen LogP contribution >= 0.6 is 0 Å². The molecule has 4 nitrogen and oxygen atoms in total. The standard InChI is InChI=1S/C12H16N2O2/c1-4-5-6-13-11(15)10-8(2)7-9(3)14-12(10)16/h4,7H,1,5-6H2,2-3H3,(H,13,15)(H,14,16). The molecule has 0 atom stereocenters. The number of aryl methyl sites for hydroxylation is 2. The summed E-state index contributed by atoms with van der Waals surface area (Å²) in [5.74, 6) is -0.333. The number of carbonyl (C=O) groups excluding carboxylic acids is 1. The largest absolute Gasteiger partial charge is 0.352 e. The minimum atomic E-state index is -0.339. The molecule has 0 aromatic carbocycles. The van der Waals surface area contributed by atoms with Gasteiger partial charge < -0.3 is 10.3 Å². The van der Waals surface area contributed by atoms with Crippen LogP contribution < -0.4 is 10.9 Å². The van der Waals surface area contributed by atoms with Crippen LogP contribution in [0, 0.1) is 13.8 Å². The van der Waals surface area contributed by atoms with Crippen LogP contribution in [-0.2, 0) is 0 Å². The molecule has 1 aromatic heterocycles. The molecule has 0 saturated heterocycles. The van der Waals surface area contributed by atoms with E-state index in [9.17, 15) is 9.59 Å². The molecule has 0 radical (unpaired) electrons. The molecule has 0 spiro atoms. The van der Waals surface area contributed by atoms with Crippen molar-refractivity contribution in [1.82, 2.24) is 10.3 Å². The monoisotopic (exact) mass is 220 g/mol. The van der Waals surface area contributed by atoms with Crippen molar-refractivity contribution >= 4 is 5.91 Å². The predicted molar refractivity (Wildman–Crippen MR) is 63.7 cm³/mol. The quantitative estimate of drug-likeness (QED) is 0.593. The van der Waals surface area contributed by atoms with Gasteiger partial charge in [-0.05, 0) is 31.9 Å². The Morgan fingerprint density at radius 2 is 2.25 bits per heavy atom. The zero-order valence-corrected chi connectivity index (χ0v) is 9.59. The Bertz CT molecular complexity index is 461. The highest BCUT2D eigenvalue weighted by Crippen LogP contribution is 2.03. The number of carbonyl (C=O) groups is 1. The molecule has 0 aliphatic carbocycles. The third-order valence-corrected chi connectivity index (χ3v) is 2.23. The minimum Gasteiger partial charge on any atom is -0.352 e. The summed E-state index contributed by atoms with van der Waals surface area (Å²) in [6.07, 6.45) is 2.40. The molecule has 4 heteroatoms. The van der Waals surface area contributed by atoms with Gasteiger partial charge in [0.1, 0.15) is 5.56 Å². The van der Waals surface area contributed by atoms with Crippen LogP contribution in [0.1, 0.15) is 28.0 Å². The van der Waals surface area contributed by atoms with E-state index in [4.69, 9.17) is 0 Å². The zero-order valence-electron chi connectivity index (χ0n) is 9.59. The number of rotatable bonds is 4. The van der Waals surface area contributed by atoms with Gasteiger partial charge in [-0.25, -0.2) is 0 Å². The molecule has 1 rings (SSSR count). The summed E-state index contributed by atoms with van der Waals surface area (Å²) in [6, 6.07) is 1.78. The first kappa shape index (κ1) is 12.2. The highest BCUT2D eigenvalue weighted by Gasteiger charge is 2.13. The van der Waals surface area contributed by atoms with Crippen LogP contribution in [-0.4, -0.2) is 17.4 Å². The molecule has 16 heavy (non-hydrogen) atoms. The fourth-order valence-electron chi connectivity index (χ4n) is 1.51. The van der Waals surface area contributed by atoms with Crippen molar-refractivity contribution in [2.24, 2.45) is 0 Å². The Balaban J connectivity index is 2.91. The Morgan fingerprint density at radius 3 is 2.81 bits per heavy atom.